The van der Waals surface area contributed by atoms with Gasteiger partial charge < -0.3 is 15.2 Å². The van der Waals surface area contributed by atoms with Crippen molar-refractivity contribution in [2.75, 3.05) is 6.54 Å². The Kier molecular flexibility index (Phi) is 4.91. The summed E-state index contributed by atoms with van der Waals surface area (Å²) in [5.41, 5.74) is 0.580. The average Bonchev–Trinajstić information content (AvgIpc) is 3.15. The standard InChI is InChI=1S/C19H25N5O3/c1-19(2,3)24-16(26)8-13(17(24)14-10-22-23(4)11-14)9-21-18(27)12-5-6-20-15(25)7-12/h5-7,10-11,13,17H,8-9H2,1-4H3,(H,20,25)(H,21,27)/t13-,17+/m1/s1. The van der Waals surface area contributed by atoms with Crippen molar-refractivity contribution < 1.29 is 9.59 Å². The lowest BCUT2D eigenvalue weighted by Gasteiger charge is -2.38. The van der Waals surface area contributed by atoms with Gasteiger partial charge in [0, 0.05) is 61.1 Å². The van der Waals surface area contributed by atoms with Crippen molar-refractivity contribution in [2.45, 2.75) is 38.8 Å². The molecule has 2 amide bonds. The summed E-state index contributed by atoms with van der Waals surface area (Å²) in [7, 11) is 1.84. The number of rotatable bonds is 4. The van der Waals surface area contributed by atoms with Crippen molar-refractivity contribution in [1.82, 2.24) is 25.0 Å². The molecule has 1 aliphatic rings. The molecule has 0 saturated carbocycles. The van der Waals surface area contributed by atoms with Crippen LogP contribution in [0.2, 0.25) is 0 Å². The molecule has 1 aliphatic heterocycles. The predicted octanol–water partition coefficient (Wildman–Crippen LogP) is 1.23. The second-order valence-electron chi connectivity index (χ2n) is 7.94. The molecule has 8 nitrogen and oxygen atoms in total. The molecule has 27 heavy (non-hydrogen) atoms. The number of carbonyl (C=O) groups excluding carboxylic acids is 2. The normalized spacial score (nSPS) is 20.1. The van der Waals surface area contributed by atoms with Crippen LogP contribution in [0.15, 0.2) is 35.5 Å². The Labute approximate surface area is 157 Å². The minimum absolute atomic E-state index is 0.0618. The van der Waals surface area contributed by atoms with Crippen LogP contribution < -0.4 is 10.9 Å². The maximum atomic E-state index is 12.7. The van der Waals surface area contributed by atoms with Gasteiger partial charge in [0.25, 0.3) is 5.91 Å². The fraction of sp³-hybridized carbons (Fsp3) is 0.474. The Hall–Kier alpha value is -2.90. The average molecular weight is 371 g/mol. The molecule has 3 heterocycles. The Morgan fingerprint density at radius 2 is 2.11 bits per heavy atom. The second kappa shape index (κ2) is 7.02. The highest BCUT2D eigenvalue weighted by atomic mass is 16.2. The van der Waals surface area contributed by atoms with Gasteiger partial charge in [-0.25, -0.2) is 0 Å². The van der Waals surface area contributed by atoms with Crippen LogP contribution in [0, 0.1) is 5.92 Å². The number of likely N-dealkylation sites (tertiary alicyclic amines) is 1. The first kappa shape index (κ1) is 18.9. The molecular weight excluding hydrogens is 346 g/mol. The maximum absolute atomic E-state index is 12.7. The quantitative estimate of drug-likeness (QED) is 0.844. The van der Waals surface area contributed by atoms with Gasteiger partial charge in [-0.1, -0.05) is 0 Å². The highest BCUT2D eigenvalue weighted by molar-refractivity contribution is 5.94. The molecule has 0 radical (unpaired) electrons. The summed E-state index contributed by atoms with van der Waals surface area (Å²) in [6.07, 6.45) is 5.48. The molecule has 2 N–H and O–H groups in total. The summed E-state index contributed by atoms with van der Waals surface area (Å²) in [5, 5.41) is 7.11. The van der Waals surface area contributed by atoms with Crippen molar-refractivity contribution in [2.24, 2.45) is 13.0 Å². The third-order valence-corrected chi connectivity index (χ3v) is 4.78. The number of aromatic amines is 1. The van der Waals surface area contributed by atoms with Gasteiger partial charge in [0.2, 0.25) is 11.5 Å². The summed E-state index contributed by atoms with van der Waals surface area (Å²) in [5.74, 6) is -0.341. The first-order valence-electron chi connectivity index (χ1n) is 8.94. The van der Waals surface area contributed by atoms with E-state index in [-0.39, 0.29) is 34.9 Å². The molecule has 0 aliphatic carbocycles. The predicted molar refractivity (Wildman–Crippen MR) is 100 cm³/mol. The topological polar surface area (TPSA) is 100 Å². The fourth-order valence-electron chi connectivity index (χ4n) is 3.70. The first-order chi connectivity index (χ1) is 12.7. The summed E-state index contributed by atoms with van der Waals surface area (Å²) >= 11 is 0. The van der Waals surface area contributed by atoms with Gasteiger partial charge in [-0.3, -0.25) is 19.1 Å². The van der Waals surface area contributed by atoms with Gasteiger partial charge in [-0.2, -0.15) is 5.10 Å². The van der Waals surface area contributed by atoms with Crippen LogP contribution in [-0.2, 0) is 11.8 Å². The van der Waals surface area contributed by atoms with Crippen LogP contribution >= 0.6 is 0 Å². The van der Waals surface area contributed by atoms with E-state index in [1.807, 2.05) is 38.9 Å². The third kappa shape index (κ3) is 3.94. The van der Waals surface area contributed by atoms with Crippen molar-refractivity contribution in [3.8, 4) is 0 Å². The van der Waals surface area contributed by atoms with Crippen LogP contribution in [0.5, 0.6) is 0 Å². The highest BCUT2D eigenvalue weighted by Crippen LogP contribution is 2.41. The van der Waals surface area contributed by atoms with Crippen molar-refractivity contribution >= 4 is 11.8 Å². The van der Waals surface area contributed by atoms with E-state index < -0.39 is 0 Å². The summed E-state index contributed by atoms with van der Waals surface area (Å²) < 4.78 is 1.71. The van der Waals surface area contributed by atoms with Crippen LogP contribution in [0.25, 0.3) is 0 Å². The maximum Gasteiger partial charge on any atom is 0.251 e. The lowest BCUT2D eigenvalue weighted by atomic mass is 9.93. The van der Waals surface area contributed by atoms with Gasteiger partial charge in [-0.15, -0.1) is 0 Å². The van der Waals surface area contributed by atoms with Gasteiger partial charge in [-0.05, 0) is 26.8 Å². The van der Waals surface area contributed by atoms with E-state index in [0.717, 1.165) is 5.56 Å². The van der Waals surface area contributed by atoms with E-state index in [9.17, 15) is 14.4 Å². The van der Waals surface area contributed by atoms with Gasteiger partial charge in [0.15, 0.2) is 0 Å². The monoisotopic (exact) mass is 371 g/mol. The van der Waals surface area contributed by atoms with E-state index in [0.29, 0.717) is 18.5 Å². The molecule has 8 heteroatoms. The SMILES string of the molecule is Cn1cc([C@@H]2[C@@H](CNC(=O)c3cc[nH]c(=O)c3)CC(=O)N2C(C)(C)C)cn1. The van der Waals surface area contributed by atoms with E-state index in [1.54, 1.807) is 16.9 Å². The van der Waals surface area contributed by atoms with Crippen LogP contribution in [-0.4, -0.2) is 43.6 Å². The Morgan fingerprint density at radius 1 is 1.37 bits per heavy atom. The summed E-state index contributed by atoms with van der Waals surface area (Å²) in [4.78, 5) is 40.9. The first-order valence-corrected chi connectivity index (χ1v) is 8.94. The molecule has 144 valence electrons. The number of aromatic nitrogens is 3. The Bertz CT molecular complexity index is 908. The molecule has 0 spiro atoms. The lowest BCUT2D eigenvalue weighted by Crippen LogP contribution is -2.44. The van der Waals surface area contributed by atoms with Crippen LogP contribution in [0.1, 0.15) is 49.2 Å². The smallest absolute Gasteiger partial charge is 0.251 e. The van der Waals surface area contributed by atoms with Gasteiger partial charge >= 0.3 is 0 Å². The molecule has 1 saturated heterocycles. The van der Waals surface area contributed by atoms with Crippen molar-refractivity contribution in [3.63, 3.8) is 0 Å². The zero-order valence-electron chi connectivity index (χ0n) is 16.0. The van der Waals surface area contributed by atoms with Crippen LogP contribution in [0.3, 0.4) is 0 Å². The number of carbonyl (C=O) groups is 2. The highest BCUT2D eigenvalue weighted by Gasteiger charge is 2.45. The van der Waals surface area contributed by atoms with Crippen LogP contribution in [0.4, 0.5) is 0 Å². The molecule has 0 bridgehead atoms. The number of nitrogens with zero attached hydrogens (tertiary/aromatic N) is 3. The van der Waals surface area contributed by atoms with E-state index in [2.05, 4.69) is 15.4 Å². The molecule has 0 aromatic carbocycles. The molecule has 2 aromatic rings. The number of pyridine rings is 1. The Morgan fingerprint density at radius 3 is 2.70 bits per heavy atom. The van der Waals surface area contributed by atoms with Crippen molar-refractivity contribution in [1.29, 1.82) is 0 Å². The molecule has 2 atom stereocenters. The number of hydrogen-bond donors (Lipinski definition) is 2. The minimum atomic E-state index is -0.344. The van der Waals surface area contributed by atoms with Crippen molar-refractivity contribution in [3.05, 3.63) is 52.2 Å². The lowest BCUT2D eigenvalue weighted by molar-refractivity contribution is -0.133. The molecule has 0 unspecified atom stereocenters. The van der Waals surface area contributed by atoms with Gasteiger partial charge in [0.05, 0.1) is 12.2 Å². The molecule has 3 rings (SSSR count). The van der Waals surface area contributed by atoms with E-state index in [4.69, 9.17) is 0 Å². The second-order valence-corrected chi connectivity index (χ2v) is 7.94. The Balaban J connectivity index is 1.81. The molecular formula is C19H25N5O3. The number of nitrogens with one attached hydrogen (secondary N) is 2. The zero-order chi connectivity index (χ0) is 19.8. The summed E-state index contributed by atoms with van der Waals surface area (Å²) in [6, 6.07) is 2.65. The fourth-order valence-corrected chi connectivity index (χ4v) is 3.70. The van der Waals surface area contributed by atoms with E-state index >= 15 is 0 Å². The van der Waals surface area contributed by atoms with Gasteiger partial charge in [0.1, 0.15) is 0 Å². The number of amides is 2. The molecule has 2 aromatic heterocycles. The largest absolute Gasteiger partial charge is 0.352 e. The zero-order valence-corrected chi connectivity index (χ0v) is 16.0. The number of H-pyrrole nitrogens is 1. The number of aryl methyl sites for hydroxylation is 1. The summed E-state index contributed by atoms with van der Waals surface area (Å²) in [6.45, 7) is 6.35. The third-order valence-electron chi connectivity index (χ3n) is 4.78. The number of hydrogen-bond acceptors (Lipinski definition) is 4. The molecule has 1 fully saturated rings. The minimum Gasteiger partial charge on any atom is -0.352 e. The van der Waals surface area contributed by atoms with E-state index in [1.165, 1.54) is 12.3 Å².